The molecule has 1 fully saturated rings. The summed E-state index contributed by atoms with van der Waals surface area (Å²) >= 11 is 2.15. The summed E-state index contributed by atoms with van der Waals surface area (Å²) in [6.45, 7) is 2.37. The zero-order valence-electron chi connectivity index (χ0n) is 14.5. The number of imide groups is 1. The molecule has 136 valence electrons. The molecule has 0 spiro atoms. The molecule has 1 saturated heterocycles. The zero-order valence-corrected chi connectivity index (χ0v) is 16.7. The first kappa shape index (κ1) is 18.9. The van der Waals surface area contributed by atoms with Crippen LogP contribution >= 0.6 is 22.6 Å². The number of amides is 3. The van der Waals surface area contributed by atoms with Gasteiger partial charge in [0.1, 0.15) is 18.1 Å². The molecule has 6 nitrogen and oxygen atoms in total. The molecule has 1 heterocycles. The van der Waals surface area contributed by atoms with Crippen molar-refractivity contribution in [1.82, 2.24) is 10.2 Å². The lowest BCUT2D eigenvalue weighted by Crippen LogP contribution is -2.30. The predicted octanol–water partition coefficient (Wildman–Crippen LogP) is 3.65. The van der Waals surface area contributed by atoms with Crippen LogP contribution in [-0.4, -0.2) is 23.4 Å². The number of carbonyl (C=O) groups is 2. The fraction of sp³-hybridized carbons (Fsp3) is 0.150. The molecule has 0 radical (unpaired) electrons. The van der Waals surface area contributed by atoms with E-state index in [1.807, 2.05) is 36.4 Å². The standard InChI is InChI=1S/C20H16IN3O3/c1-2-24-19(25)17(23-20(24)26)10-13-7-8-18(16(21)9-13)27-12-15-6-4-3-5-14(15)11-22/h3-10H,2,12H2,1H3,(H,23,26)/b17-10+. The van der Waals surface area contributed by atoms with Crippen LogP contribution in [0.2, 0.25) is 0 Å². The van der Waals surface area contributed by atoms with Crippen LogP contribution in [0.3, 0.4) is 0 Å². The maximum Gasteiger partial charge on any atom is 0.328 e. The minimum atomic E-state index is -0.403. The molecule has 0 bridgehead atoms. The van der Waals surface area contributed by atoms with Crippen molar-refractivity contribution in [3.8, 4) is 11.8 Å². The van der Waals surface area contributed by atoms with Crippen LogP contribution in [0.15, 0.2) is 48.2 Å². The van der Waals surface area contributed by atoms with E-state index in [9.17, 15) is 9.59 Å². The largest absolute Gasteiger partial charge is 0.488 e. The average Bonchev–Trinajstić information content (AvgIpc) is 2.94. The van der Waals surface area contributed by atoms with Crippen LogP contribution in [0, 0.1) is 14.9 Å². The van der Waals surface area contributed by atoms with Crippen LogP contribution in [0.4, 0.5) is 4.79 Å². The third-order valence-electron chi connectivity index (χ3n) is 4.07. The van der Waals surface area contributed by atoms with Crippen LogP contribution < -0.4 is 10.1 Å². The first-order valence-electron chi connectivity index (χ1n) is 8.28. The molecule has 7 heteroatoms. The summed E-state index contributed by atoms with van der Waals surface area (Å²) in [6, 6.07) is 14.5. The maximum atomic E-state index is 12.1. The quantitative estimate of drug-likeness (QED) is 0.409. The van der Waals surface area contributed by atoms with Crippen molar-refractivity contribution in [2.45, 2.75) is 13.5 Å². The lowest BCUT2D eigenvalue weighted by molar-refractivity contribution is -0.122. The van der Waals surface area contributed by atoms with E-state index >= 15 is 0 Å². The number of nitrogens with zero attached hydrogens (tertiary/aromatic N) is 2. The number of rotatable bonds is 5. The lowest BCUT2D eigenvalue weighted by atomic mass is 10.1. The van der Waals surface area contributed by atoms with E-state index in [0.29, 0.717) is 24.5 Å². The Kier molecular flexibility index (Phi) is 5.76. The van der Waals surface area contributed by atoms with Gasteiger partial charge in [-0.15, -0.1) is 0 Å². The summed E-state index contributed by atoms with van der Waals surface area (Å²) in [5, 5.41) is 11.7. The first-order valence-corrected chi connectivity index (χ1v) is 9.36. The van der Waals surface area contributed by atoms with Gasteiger partial charge in [-0.05, 0) is 59.4 Å². The van der Waals surface area contributed by atoms with Crippen molar-refractivity contribution < 1.29 is 14.3 Å². The summed E-state index contributed by atoms with van der Waals surface area (Å²) in [7, 11) is 0. The number of carbonyl (C=O) groups excluding carboxylic acids is 2. The molecule has 3 rings (SSSR count). The van der Waals surface area contributed by atoms with Crippen molar-refractivity contribution in [3.05, 3.63) is 68.4 Å². The number of urea groups is 1. The molecule has 0 atom stereocenters. The molecule has 27 heavy (non-hydrogen) atoms. The summed E-state index contributed by atoms with van der Waals surface area (Å²) in [6.07, 6.45) is 1.65. The van der Waals surface area contributed by atoms with Crippen molar-refractivity contribution >= 4 is 40.6 Å². The second-order valence-electron chi connectivity index (χ2n) is 5.79. The average molecular weight is 473 g/mol. The van der Waals surface area contributed by atoms with Crippen molar-refractivity contribution in [3.63, 3.8) is 0 Å². The zero-order chi connectivity index (χ0) is 19.4. The third-order valence-corrected chi connectivity index (χ3v) is 4.91. The Balaban J connectivity index is 1.75. The highest BCUT2D eigenvalue weighted by atomic mass is 127. The normalized spacial score (nSPS) is 15.0. The molecule has 0 aromatic heterocycles. The minimum absolute atomic E-state index is 0.259. The van der Waals surface area contributed by atoms with E-state index in [4.69, 9.17) is 10.00 Å². The summed E-state index contributed by atoms with van der Waals surface area (Å²) in [5.74, 6) is 0.355. The van der Waals surface area contributed by atoms with Gasteiger partial charge in [0.05, 0.1) is 15.2 Å². The molecule has 1 aliphatic heterocycles. The van der Waals surface area contributed by atoms with E-state index in [2.05, 4.69) is 34.0 Å². The Morgan fingerprint density at radius 3 is 2.70 bits per heavy atom. The van der Waals surface area contributed by atoms with Crippen molar-refractivity contribution in [2.75, 3.05) is 6.54 Å². The van der Waals surface area contributed by atoms with E-state index in [1.165, 1.54) is 0 Å². The number of hydrogen-bond donors (Lipinski definition) is 1. The number of hydrogen-bond acceptors (Lipinski definition) is 4. The van der Waals surface area contributed by atoms with Gasteiger partial charge in [0.2, 0.25) is 0 Å². The van der Waals surface area contributed by atoms with E-state index in [1.54, 1.807) is 19.1 Å². The molecular weight excluding hydrogens is 457 g/mol. The smallest absolute Gasteiger partial charge is 0.328 e. The maximum absolute atomic E-state index is 12.1. The van der Waals surface area contributed by atoms with Gasteiger partial charge in [-0.3, -0.25) is 9.69 Å². The third kappa shape index (κ3) is 4.11. The number of ether oxygens (including phenoxy) is 1. The van der Waals surface area contributed by atoms with Gasteiger partial charge in [-0.2, -0.15) is 5.26 Å². The molecule has 0 aliphatic carbocycles. The van der Waals surface area contributed by atoms with Gasteiger partial charge in [0.25, 0.3) is 5.91 Å². The van der Waals surface area contributed by atoms with Crippen molar-refractivity contribution in [2.24, 2.45) is 0 Å². The Morgan fingerprint density at radius 1 is 1.26 bits per heavy atom. The number of nitriles is 1. The second kappa shape index (κ2) is 8.22. The Hall–Kier alpha value is -2.86. The van der Waals surface area contributed by atoms with Gasteiger partial charge in [0.15, 0.2) is 0 Å². The number of halogens is 1. The fourth-order valence-corrected chi connectivity index (χ4v) is 3.36. The van der Waals surface area contributed by atoms with Gasteiger partial charge in [-0.1, -0.05) is 24.3 Å². The summed E-state index contributed by atoms with van der Waals surface area (Å²) in [4.78, 5) is 25.0. The molecule has 1 aliphatic rings. The van der Waals surface area contributed by atoms with Crippen molar-refractivity contribution in [1.29, 1.82) is 5.26 Å². The molecule has 2 aromatic rings. The minimum Gasteiger partial charge on any atom is -0.488 e. The molecular formula is C20H16IN3O3. The highest BCUT2D eigenvalue weighted by Gasteiger charge is 2.31. The highest BCUT2D eigenvalue weighted by molar-refractivity contribution is 14.1. The molecule has 0 saturated carbocycles. The lowest BCUT2D eigenvalue weighted by Gasteiger charge is -2.10. The molecule has 1 N–H and O–H groups in total. The van der Waals surface area contributed by atoms with E-state index in [-0.39, 0.29) is 11.6 Å². The Labute approximate surface area is 170 Å². The van der Waals surface area contributed by atoms with Gasteiger partial charge in [-0.25, -0.2) is 4.79 Å². The van der Waals surface area contributed by atoms with Crippen LogP contribution in [-0.2, 0) is 11.4 Å². The molecule has 3 amide bonds. The van der Waals surface area contributed by atoms with Crippen LogP contribution in [0.1, 0.15) is 23.6 Å². The van der Waals surface area contributed by atoms with Gasteiger partial charge >= 0.3 is 6.03 Å². The first-order chi connectivity index (χ1) is 13.0. The van der Waals surface area contributed by atoms with E-state index in [0.717, 1.165) is 19.6 Å². The van der Waals surface area contributed by atoms with Crippen LogP contribution in [0.5, 0.6) is 5.75 Å². The van der Waals surface area contributed by atoms with E-state index < -0.39 is 6.03 Å². The molecule has 0 unspecified atom stereocenters. The summed E-state index contributed by atoms with van der Waals surface area (Å²) in [5.41, 5.74) is 2.45. The highest BCUT2D eigenvalue weighted by Crippen LogP contribution is 2.25. The molecule has 2 aromatic carbocycles. The van der Waals surface area contributed by atoms with Gasteiger partial charge < -0.3 is 10.1 Å². The van der Waals surface area contributed by atoms with Crippen LogP contribution in [0.25, 0.3) is 6.08 Å². The second-order valence-corrected chi connectivity index (χ2v) is 6.95. The topological polar surface area (TPSA) is 82.4 Å². The Bertz CT molecular complexity index is 979. The number of likely N-dealkylation sites (N-methyl/N-ethyl adjacent to an activating group) is 1. The monoisotopic (exact) mass is 473 g/mol. The number of benzene rings is 2. The number of nitrogens with one attached hydrogen (secondary N) is 1. The van der Waals surface area contributed by atoms with Gasteiger partial charge in [0, 0.05) is 12.1 Å². The Morgan fingerprint density at radius 2 is 2.04 bits per heavy atom. The predicted molar refractivity (Wildman–Crippen MR) is 109 cm³/mol. The SMILES string of the molecule is CCN1C(=O)N/C(=C/c2ccc(OCc3ccccc3C#N)c(I)c2)C1=O. The fourth-order valence-electron chi connectivity index (χ4n) is 2.66. The summed E-state index contributed by atoms with van der Waals surface area (Å²) < 4.78 is 6.70.